The second-order valence-electron chi connectivity index (χ2n) is 5.17. The molecule has 1 aliphatic rings. The first-order chi connectivity index (χ1) is 10.2. The largest absolute Gasteiger partial charge is 0.448 e. The number of carbonyl (C=O) groups excluding carboxylic acids is 2. The van der Waals surface area contributed by atoms with E-state index in [0.29, 0.717) is 11.4 Å². The van der Waals surface area contributed by atoms with E-state index in [-0.39, 0.29) is 5.91 Å². The SMILES string of the molecule is C[C@H](OC(=O)c1cccs1)C(=O)NCCC1=CCCCC1. The molecule has 0 bridgehead atoms. The first-order valence-electron chi connectivity index (χ1n) is 7.37. The van der Waals surface area contributed by atoms with Gasteiger partial charge in [-0.3, -0.25) is 4.79 Å². The van der Waals surface area contributed by atoms with Crippen LogP contribution in [-0.2, 0) is 9.53 Å². The highest BCUT2D eigenvalue weighted by Gasteiger charge is 2.19. The predicted molar refractivity (Wildman–Crippen MR) is 83.4 cm³/mol. The van der Waals surface area contributed by atoms with Crippen LogP contribution in [0.15, 0.2) is 29.2 Å². The van der Waals surface area contributed by atoms with Gasteiger partial charge in [-0.25, -0.2) is 4.79 Å². The maximum atomic E-state index is 11.9. The molecule has 114 valence electrons. The molecule has 21 heavy (non-hydrogen) atoms. The lowest BCUT2D eigenvalue weighted by Gasteiger charge is -2.15. The van der Waals surface area contributed by atoms with E-state index >= 15 is 0 Å². The van der Waals surface area contributed by atoms with Crippen molar-refractivity contribution >= 4 is 23.2 Å². The van der Waals surface area contributed by atoms with Gasteiger partial charge in [0, 0.05) is 6.54 Å². The average molecular weight is 307 g/mol. The van der Waals surface area contributed by atoms with E-state index in [9.17, 15) is 9.59 Å². The van der Waals surface area contributed by atoms with Gasteiger partial charge in [0.2, 0.25) is 0 Å². The summed E-state index contributed by atoms with van der Waals surface area (Å²) < 4.78 is 5.14. The molecule has 1 heterocycles. The van der Waals surface area contributed by atoms with Crippen molar-refractivity contribution in [1.82, 2.24) is 5.32 Å². The number of carbonyl (C=O) groups is 2. The fourth-order valence-electron chi connectivity index (χ4n) is 2.29. The minimum Gasteiger partial charge on any atom is -0.448 e. The van der Waals surface area contributed by atoms with Crippen LogP contribution in [0.3, 0.4) is 0 Å². The van der Waals surface area contributed by atoms with E-state index in [0.717, 1.165) is 19.3 Å². The van der Waals surface area contributed by atoms with Crippen molar-refractivity contribution in [3.8, 4) is 0 Å². The third-order valence-corrected chi connectivity index (χ3v) is 4.36. The van der Waals surface area contributed by atoms with Crippen molar-refractivity contribution in [3.05, 3.63) is 34.0 Å². The molecule has 0 aromatic carbocycles. The molecule has 1 aromatic heterocycles. The Balaban J connectivity index is 1.70. The minimum absolute atomic E-state index is 0.240. The summed E-state index contributed by atoms with van der Waals surface area (Å²) in [5.74, 6) is -0.682. The molecular formula is C16H21NO3S. The molecule has 0 unspecified atom stereocenters. The molecular weight excluding hydrogens is 286 g/mol. The summed E-state index contributed by atoms with van der Waals surface area (Å²) in [5, 5.41) is 4.63. The Morgan fingerprint density at radius 2 is 2.29 bits per heavy atom. The summed E-state index contributed by atoms with van der Waals surface area (Å²) in [6, 6.07) is 3.47. The quantitative estimate of drug-likeness (QED) is 0.648. The lowest BCUT2D eigenvalue weighted by atomic mass is 9.97. The smallest absolute Gasteiger partial charge is 0.349 e. The highest BCUT2D eigenvalue weighted by molar-refractivity contribution is 7.11. The van der Waals surface area contributed by atoms with Gasteiger partial charge in [-0.05, 0) is 50.5 Å². The van der Waals surface area contributed by atoms with Gasteiger partial charge in [0.25, 0.3) is 5.91 Å². The molecule has 1 aromatic rings. The summed E-state index contributed by atoms with van der Waals surface area (Å²) in [7, 11) is 0. The Bertz CT molecular complexity index is 508. The summed E-state index contributed by atoms with van der Waals surface area (Å²) in [4.78, 5) is 24.1. The summed E-state index contributed by atoms with van der Waals surface area (Å²) >= 11 is 1.31. The maximum Gasteiger partial charge on any atom is 0.349 e. The van der Waals surface area contributed by atoms with Crippen LogP contribution in [0.5, 0.6) is 0 Å². The number of allylic oxidation sites excluding steroid dienone is 1. The Labute approximate surface area is 129 Å². The molecule has 4 nitrogen and oxygen atoms in total. The first kappa shape index (κ1) is 15.8. The minimum atomic E-state index is -0.764. The lowest BCUT2D eigenvalue weighted by Crippen LogP contribution is -2.36. The topological polar surface area (TPSA) is 55.4 Å². The fourth-order valence-corrected chi connectivity index (χ4v) is 2.89. The van der Waals surface area contributed by atoms with Crippen LogP contribution >= 0.6 is 11.3 Å². The average Bonchev–Trinajstić information content (AvgIpc) is 3.02. The maximum absolute atomic E-state index is 11.9. The van der Waals surface area contributed by atoms with E-state index in [1.807, 2.05) is 0 Å². The van der Waals surface area contributed by atoms with Crippen molar-refractivity contribution in [1.29, 1.82) is 0 Å². The number of hydrogen-bond acceptors (Lipinski definition) is 4. The van der Waals surface area contributed by atoms with Crippen molar-refractivity contribution in [3.63, 3.8) is 0 Å². The molecule has 0 aliphatic heterocycles. The molecule has 1 N–H and O–H groups in total. The zero-order valence-corrected chi connectivity index (χ0v) is 13.1. The first-order valence-corrected chi connectivity index (χ1v) is 8.25. The van der Waals surface area contributed by atoms with Gasteiger partial charge in [-0.1, -0.05) is 17.7 Å². The zero-order chi connectivity index (χ0) is 15.1. The zero-order valence-electron chi connectivity index (χ0n) is 12.3. The number of amides is 1. The van der Waals surface area contributed by atoms with Gasteiger partial charge in [0.15, 0.2) is 6.10 Å². The third kappa shape index (κ3) is 5.01. The Kier molecular flexibility index (Phi) is 5.99. The van der Waals surface area contributed by atoms with Crippen LogP contribution in [0.1, 0.15) is 48.7 Å². The van der Waals surface area contributed by atoms with Crippen LogP contribution in [-0.4, -0.2) is 24.5 Å². The van der Waals surface area contributed by atoms with E-state index < -0.39 is 12.1 Å². The van der Waals surface area contributed by atoms with Crippen LogP contribution in [0.25, 0.3) is 0 Å². The molecule has 1 aliphatic carbocycles. The lowest BCUT2D eigenvalue weighted by molar-refractivity contribution is -0.129. The van der Waals surface area contributed by atoms with E-state index in [1.165, 1.54) is 29.8 Å². The summed E-state index contributed by atoms with van der Waals surface area (Å²) in [6.45, 7) is 2.20. The Morgan fingerprint density at radius 1 is 1.43 bits per heavy atom. The van der Waals surface area contributed by atoms with E-state index in [2.05, 4.69) is 11.4 Å². The molecule has 0 spiro atoms. The van der Waals surface area contributed by atoms with E-state index in [1.54, 1.807) is 24.4 Å². The van der Waals surface area contributed by atoms with E-state index in [4.69, 9.17) is 4.74 Å². The highest BCUT2D eigenvalue weighted by Crippen LogP contribution is 2.19. The van der Waals surface area contributed by atoms with Crippen LogP contribution in [0.2, 0.25) is 0 Å². The molecule has 5 heteroatoms. The van der Waals surface area contributed by atoms with Gasteiger partial charge >= 0.3 is 5.97 Å². The predicted octanol–water partition coefficient (Wildman–Crippen LogP) is 3.30. The second kappa shape index (κ2) is 7.98. The normalized spacial score (nSPS) is 16.0. The Morgan fingerprint density at radius 3 is 2.95 bits per heavy atom. The van der Waals surface area contributed by atoms with Crippen LogP contribution < -0.4 is 5.32 Å². The van der Waals surface area contributed by atoms with Gasteiger partial charge < -0.3 is 10.1 Å². The number of nitrogens with one attached hydrogen (secondary N) is 1. The molecule has 0 fully saturated rings. The monoisotopic (exact) mass is 307 g/mol. The summed E-state index contributed by atoms with van der Waals surface area (Å²) in [6.07, 6.45) is 7.20. The van der Waals surface area contributed by atoms with Gasteiger partial charge in [-0.2, -0.15) is 0 Å². The summed E-state index contributed by atoms with van der Waals surface area (Å²) in [5.41, 5.74) is 1.42. The van der Waals surface area contributed by atoms with Gasteiger partial charge in [0.1, 0.15) is 4.88 Å². The van der Waals surface area contributed by atoms with Gasteiger partial charge in [0.05, 0.1) is 0 Å². The fraction of sp³-hybridized carbons (Fsp3) is 0.500. The highest BCUT2D eigenvalue weighted by atomic mass is 32.1. The molecule has 0 saturated carbocycles. The number of ether oxygens (including phenoxy) is 1. The third-order valence-electron chi connectivity index (χ3n) is 3.51. The van der Waals surface area contributed by atoms with Gasteiger partial charge in [-0.15, -0.1) is 11.3 Å². The van der Waals surface area contributed by atoms with Crippen LogP contribution in [0.4, 0.5) is 0 Å². The van der Waals surface area contributed by atoms with Crippen molar-refractivity contribution in [2.45, 2.75) is 45.1 Å². The Hall–Kier alpha value is -1.62. The van der Waals surface area contributed by atoms with Crippen molar-refractivity contribution < 1.29 is 14.3 Å². The van der Waals surface area contributed by atoms with Crippen LogP contribution in [0, 0.1) is 0 Å². The molecule has 1 atom stereocenters. The number of esters is 1. The molecule has 2 rings (SSSR count). The standard InChI is InChI=1S/C16H21NO3S/c1-12(20-16(19)14-8-5-11-21-14)15(18)17-10-9-13-6-3-2-4-7-13/h5-6,8,11-12H,2-4,7,9-10H2,1H3,(H,17,18)/t12-/m0/s1. The van der Waals surface area contributed by atoms with Crippen molar-refractivity contribution in [2.75, 3.05) is 6.54 Å². The van der Waals surface area contributed by atoms with Crippen molar-refractivity contribution in [2.24, 2.45) is 0 Å². The number of thiophene rings is 1. The molecule has 1 amide bonds. The number of hydrogen-bond donors (Lipinski definition) is 1. The second-order valence-corrected chi connectivity index (χ2v) is 6.12. The molecule has 0 saturated heterocycles. The number of rotatable bonds is 6. The molecule has 0 radical (unpaired) electrons.